The van der Waals surface area contributed by atoms with Crippen molar-refractivity contribution in [1.82, 2.24) is 9.88 Å². The molecule has 1 fully saturated rings. The fourth-order valence-corrected chi connectivity index (χ4v) is 2.88. The number of para-hydroxylation sites is 1. The van der Waals surface area contributed by atoms with Gasteiger partial charge in [0.25, 0.3) is 0 Å². The maximum atomic E-state index is 11.2. The molecular weight excluding hydrogens is 274 g/mol. The summed E-state index contributed by atoms with van der Waals surface area (Å²) in [4.78, 5) is 16.9. The summed E-state index contributed by atoms with van der Waals surface area (Å²) in [5, 5.41) is 1.29. The molecule has 3 rings (SSSR count). The predicted molar refractivity (Wildman–Crippen MR) is 82.7 cm³/mol. The molecule has 0 atom stereocenters. The van der Waals surface area contributed by atoms with E-state index in [1.54, 1.807) is 0 Å². The van der Waals surface area contributed by atoms with Crippen LogP contribution in [-0.4, -0.2) is 28.9 Å². The average molecular weight is 294 g/mol. The summed E-state index contributed by atoms with van der Waals surface area (Å²) in [5.74, 6) is -0.0778. The number of nitrogens with zero attached hydrogens (tertiary/aromatic N) is 1. The lowest BCUT2D eigenvalue weighted by atomic mass is 9.96. The molecule has 0 aliphatic carbocycles. The fourth-order valence-electron chi connectivity index (χ4n) is 2.88. The van der Waals surface area contributed by atoms with Crippen LogP contribution in [-0.2, 0) is 11.3 Å². The third-order valence-electron chi connectivity index (χ3n) is 4.06. The second-order valence-electron chi connectivity index (χ2n) is 5.31. The molecule has 0 unspecified atom stereocenters. The molecule has 2 heterocycles. The number of carbonyl (C=O) groups excluding carboxylic acids is 1. The molecule has 1 aromatic carbocycles. The maximum Gasteiger partial charge on any atom is 0.220 e. The monoisotopic (exact) mass is 293 g/mol. The van der Waals surface area contributed by atoms with Crippen molar-refractivity contribution in [3.63, 3.8) is 0 Å². The molecule has 2 aromatic rings. The van der Waals surface area contributed by atoms with Crippen LogP contribution in [0, 0.1) is 5.92 Å². The number of piperidine rings is 1. The number of amides is 1. The Bertz CT molecular complexity index is 588. The Morgan fingerprint density at radius 3 is 2.70 bits per heavy atom. The lowest BCUT2D eigenvalue weighted by molar-refractivity contribution is -0.123. The maximum absolute atomic E-state index is 11.2. The minimum absolute atomic E-state index is 0. The van der Waals surface area contributed by atoms with Crippen molar-refractivity contribution < 1.29 is 4.79 Å². The lowest BCUT2D eigenvalue weighted by Crippen LogP contribution is -2.38. The van der Waals surface area contributed by atoms with Crippen LogP contribution in [0.1, 0.15) is 18.4 Å². The number of aromatic amines is 1. The standard InChI is InChI=1S/C15H19N3O.ClH/c16-15(19)11-5-7-18(8-6-11)10-12-9-17-14-4-2-1-3-13(12)14;/h1-4,9,11,17H,5-8,10H2,(H2,16,19);1H. The third kappa shape index (κ3) is 2.97. The Hall–Kier alpha value is -1.52. The minimum Gasteiger partial charge on any atom is -0.369 e. The number of halogens is 1. The Balaban J connectivity index is 0.00000147. The second kappa shape index (κ2) is 6.29. The summed E-state index contributed by atoms with van der Waals surface area (Å²) in [5.41, 5.74) is 7.87. The molecule has 4 nitrogen and oxygen atoms in total. The highest BCUT2D eigenvalue weighted by atomic mass is 35.5. The molecule has 1 aliphatic rings. The van der Waals surface area contributed by atoms with Gasteiger partial charge < -0.3 is 10.7 Å². The van der Waals surface area contributed by atoms with Gasteiger partial charge in [0.15, 0.2) is 0 Å². The summed E-state index contributed by atoms with van der Waals surface area (Å²) in [7, 11) is 0. The second-order valence-corrected chi connectivity index (χ2v) is 5.31. The van der Waals surface area contributed by atoms with E-state index in [-0.39, 0.29) is 24.2 Å². The van der Waals surface area contributed by atoms with E-state index in [2.05, 4.69) is 34.3 Å². The van der Waals surface area contributed by atoms with Gasteiger partial charge in [-0.3, -0.25) is 9.69 Å². The summed E-state index contributed by atoms with van der Waals surface area (Å²) < 4.78 is 0. The van der Waals surface area contributed by atoms with Gasteiger partial charge in [0.2, 0.25) is 5.91 Å². The quantitative estimate of drug-likeness (QED) is 0.912. The minimum atomic E-state index is -0.147. The van der Waals surface area contributed by atoms with Gasteiger partial charge in [-0.2, -0.15) is 0 Å². The first-order valence-corrected chi connectivity index (χ1v) is 6.80. The Kier molecular flexibility index (Phi) is 4.68. The van der Waals surface area contributed by atoms with Crippen molar-refractivity contribution >= 4 is 29.2 Å². The third-order valence-corrected chi connectivity index (χ3v) is 4.06. The van der Waals surface area contributed by atoms with Crippen molar-refractivity contribution in [2.45, 2.75) is 19.4 Å². The highest BCUT2D eigenvalue weighted by Gasteiger charge is 2.23. The van der Waals surface area contributed by atoms with E-state index in [4.69, 9.17) is 5.73 Å². The highest BCUT2D eigenvalue weighted by Crippen LogP contribution is 2.22. The molecule has 0 radical (unpaired) electrons. The van der Waals surface area contributed by atoms with Crippen LogP contribution in [0.5, 0.6) is 0 Å². The largest absolute Gasteiger partial charge is 0.369 e. The molecule has 1 aromatic heterocycles. The van der Waals surface area contributed by atoms with E-state index in [9.17, 15) is 4.79 Å². The SMILES string of the molecule is Cl.NC(=O)C1CCN(Cc2c[nH]c3ccccc23)CC1. The number of hydrogen-bond acceptors (Lipinski definition) is 2. The van der Waals surface area contributed by atoms with E-state index < -0.39 is 0 Å². The Morgan fingerprint density at radius 1 is 1.30 bits per heavy atom. The molecule has 1 amide bonds. The van der Waals surface area contributed by atoms with Gasteiger partial charge in [-0.05, 0) is 37.6 Å². The lowest BCUT2D eigenvalue weighted by Gasteiger charge is -2.30. The Morgan fingerprint density at radius 2 is 2.00 bits per heavy atom. The molecule has 0 bridgehead atoms. The number of nitrogens with two attached hydrogens (primary N) is 1. The average Bonchev–Trinajstić information content (AvgIpc) is 2.83. The molecular formula is C15H20ClN3O. The van der Waals surface area contributed by atoms with Crippen LogP contribution in [0.15, 0.2) is 30.5 Å². The summed E-state index contributed by atoms with van der Waals surface area (Å²) >= 11 is 0. The molecule has 0 saturated carbocycles. The van der Waals surface area contributed by atoms with Crippen molar-refractivity contribution in [2.24, 2.45) is 11.7 Å². The van der Waals surface area contributed by atoms with Crippen molar-refractivity contribution in [3.8, 4) is 0 Å². The molecule has 1 saturated heterocycles. The summed E-state index contributed by atoms with van der Waals surface area (Å²) in [6.45, 7) is 2.84. The highest BCUT2D eigenvalue weighted by molar-refractivity contribution is 5.85. The first kappa shape index (κ1) is 14.9. The van der Waals surface area contributed by atoms with Crippen molar-refractivity contribution in [2.75, 3.05) is 13.1 Å². The molecule has 20 heavy (non-hydrogen) atoms. The van der Waals surface area contributed by atoms with Crippen LogP contribution in [0.25, 0.3) is 10.9 Å². The van der Waals surface area contributed by atoms with Crippen LogP contribution in [0.2, 0.25) is 0 Å². The molecule has 0 spiro atoms. The number of likely N-dealkylation sites (tertiary alicyclic amines) is 1. The smallest absolute Gasteiger partial charge is 0.220 e. The number of primary amides is 1. The van der Waals surface area contributed by atoms with Crippen LogP contribution in [0.4, 0.5) is 0 Å². The van der Waals surface area contributed by atoms with Gasteiger partial charge >= 0.3 is 0 Å². The van der Waals surface area contributed by atoms with Gasteiger partial charge in [0.05, 0.1) is 0 Å². The normalized spacial score (nSPS) is 17.0. The van der Waals surface area contributed by atoms with E-state index in [1.165, 1.54) is 16.5 Å². The van der Waals surface area contributed by atoms with Crippen LogP contribution < -0.4 is 5.73 Å². The van der Waals surface area contributed by atoms with Crippen molar-refractivity contribution in [3.05, 3.63) is 36.0 Å². The zero-order chi connectivity index (χ0) is 13.2. The number of fused-ring (bicyclic) bond motifs is 1. The molecule has 5 heteroatoms. The van der Waals surface area contributed by atoms with E-state index in [0.717, 1.165) is 32.5 Å². The number of rotatable bonds is 3. The number of aromatic nitrogens is 1. The van der Waals surface area contributed by atoms with Crippen molar-refractivity contribution in [1.29, 1.82) is 0 Å². The molecule has 108 valence electrons. The predicted octanol–water partition coefficient (Wildman–Crippen LogP) is 2.29. The number of nitrogens with one attached hydrogen (secondary N) is 1. The van der Waals surface area contributed by atoms with Gasteiger partial charge in [-0.15, -0.1) is 12.4 Å². The number of hydrogen-bond donors (Lipinski definition) is 2. The number of H-pyrrole nitrogens is 1. The van der Waals surface area contributed by atoms with E-state index >= 15 is 0 Å². The van der Waals surface area contributed by atoms with Gasteiger partial charge in [0, 0.05) is 29.6 Å². The first-order valence-electron chi connectivity index (χ1n) is 6.80. The first-order chi connectivity index (χ1) is 9.24. The van der Waals surface area contributed by atoms with Gasteiger partial charge in [-0.25, -0.2) is 0 Å². The van der Waals surface area contributed by atoms with E-state index in [0.29, 0.717) is 0 Å². The van der Waals surface area contributed by atoms with Gasteiger partial charge in [-0.1, -0.05) is 18.2 Å². The fraction of sp³-hybridized carbons (Fsp3) is 0.400. The zero-order valence-electron chi connectivity index (χ0n) is 11.3. The zero-order valence-corrected chi connectivity index (χ0v) is 12.2. The van der Waals surface area contributed by atoms with Crippen LogP contribution >= 0.6 is 12.4 Å². The summed E-state index contributed by atoms with van der Waals surface area (Å²) in [6.07, 6.45) is 3.86. The van der Waals surface area contributed by atoms with E-state index in [1.807, 2.05) is 6.07 Å². The number of carbonyl (C=O) groups is 1. The summed E-state index contributed by atoms with van der Waals surface area (Å²) in [6, 6.07) is 8.36. The Labute approximate surface area is 124 Å². The number of benzene rings is 1. The molecule has 1 aliphatic heterocycles. The van der Waals surface area contributed by atoms with Crippen LogP contribution in [0.3, 0.4) is 0 Å². The van der Waals surface area contributed by atoms with Gasteiger partial charge in [0.1, 0.15) is 0 Å². The molecule has 3 N–H and O–H groups in total. The topological polar surface area (TPSA) is 62.1 Å².